The molecule has 8 nitrogen and oxygen atoms in total. The van der Waals surface area contributed by atoms with E-state index in [1.165, 1.54) is 16.6 Å². The molecule has 3 heterocycles. The molecule has 0 bridgehead atoms. The van der Waals surface area contributed by atoms with E-state index in [1.54, 1.807) is 24.0 Å². The van der Waals surface area contributed by atoms with Crippen molar-refractivity contribution in [3.8, 4) is 11.5 Å². The smallest absolute Gasteiger partial charge is 0.276 e. The molecule has 23 heavy (non-hydrogen) atoms. The molecule has 0 unspecified atom stereocenters. The topological polar surface area (TPSA) is 96.9 Å². The minimum Gasteiger partial charge on any atom is -0.461 e. The van der Waals surface area contributed by atoms with E-state index in [2.05, 4.69) is 5.16 Å². The van der Waals surface area contributed by atoms with Crippen LogP contribution in [0.25, 0.3) is 11.5 Å². The van der Waals surface area contributed by atoms with Crippen LogP contribution in [0.5, 0.6) is 0 Å². The molecule has 1 amide bonds. The lowest BCUT2D eigenvalue weighted by Gasteiger charge is -2.33. The zero-order valence-electron chi connectivity index (χ0n) is 12.6. The van der Waals surface area contributed by atoms with Gasteiger partial charge >= 0.3 is 0 Å². The third kappa shape index (κ3) is 3.15. The lowest BCUT2D eigenvalue weighted by molar-refractivity contribution is 0.0687. The highest BCUT2D eigenvalue weighted by Gasteiger charge is 2.29. The number of hydrogen-bond acceptors (Lipinski definition) is 6. The number of hydrogen-bond donors (Lipinski definition) is 0. The summed E-state index contributed by atoms with van der Waals surface area (Å²) in [7, 11) is -3.21. The van der Waals surface area contributed by atoms with Crippen molar-refractivity contribution < 1.29 is 22.2 Å². The van der Waals surface area contributed by atoms with E-state index in [1.807, 2.05) is 0 Å². The van der Waals surface area contributed by atoms with Gasteiger partial charge in [-0.1, -0.05) is 5.16 Å². The van der Waals surface area contributed by atoms with Gasteiger partial charge in [-0.05, 0) is 19.1 Å². The van der Waals surface area contributed by atoms with Crippen molar-refractivity contribution in [1.82, 2.24) is 14.4 Å². The van der Waals surface area contributed by atoms with Gasteiger partial charge in [0.2, 0.25) is 15.8 Å². The summed E-state index contributed by atoms with van der Waals surface area (Å²) in [5.74, 6) is 0.664. The third-order valence-electron chi connectivity index (χ3n) is 3.78. The summed E-state index contributed by atoms with van der Waals surface area (Å²) >= 11 is 0. The summed E-state index contributed by atoms with van der Waals surface area (Å²) in [5.41, 5.74) is 0.184. The third-order valence-corrected chi connectivity index (χ3v) is 5.66. The molecule has 1 aliphatic rings. The van der Waals surface area contributed by atoms with Crippen LogP contribution in [0.1, 0.15) is 17.4 Å². The van der Waals surface area contributed by atoms with Crippen molar-refractivity contribution in [2.75, 3.05) is 31.9 Å². The van der Waals surface area contributed by atoms with Crippen molar-refractivity contribution in [2.24, 2.45) is 0 Å². The molecular weight excluding hydrogens is 322 g/mol. The van der Waals surface area contributed by atoms with Gasteiger partial charge in [-0.3, -0.25) is 4.79 Å². The number of nitrogens with zero attached hydrogens (tertiary/aromatic N) is 3. The fourth-order valence-electron chi connectivity index (χ4n) is 2.42. The van der Waals surface area contributed by atoms with Crippen LogP contribution in [0.3, 0.4) is 0 Å². The average molecular weight is 339 g/mol. The second-order valence-corrected chi connectivity index (χ2v) is 7.40. The van der Waals surface area contributed by atoms with Crippen LogP contribution in [0.15, 0.2) is 33.4 Å². The van der Waals surface area contributed by atoms with Crippen LogP contribution in [-0.2, 0) is 10.0 Å². The average Bonchev–Trinajstić information content (AvgIpc) is 3.25. The Kier molecular flexibility index (Phi) is 4.22. The number of piperazine rings is 1. The first-order chi connectivity index (χ1) is 11.0. The Morgan fingerprint density at radius 3 is 2.61 bits per heavy atom. The van der Waals surface area contributed by atoms with Crippen molar-refractivity contribution >= 4 is 15.9 Å². The van der Waals surface area contributed by atoms with E-state index >= 15 is 0 Å². The predicted molar refractivity (Wildman–Crippen MR) is 81.1 cm³/mol. The Hall–Kier alpha value is -2.13. The molecule has 0 atom stereocenters. The van der Waals surface area contributed by atoms with Crippen molar-refractivity contribution in [3.05, 3.63) is 30.2 Å². The Bertz CT molecular complexity index is 773. The van der Waals surface area contributed by atoms with Crippen LogP contribution in [0.4, 0.5) is 0 Å². The van der Waals surface area contributed by atoms with Crippen LogP contribution in [0, 0.1) is 0 Å². The second kappa shape index (κ2) is 6.17. The van der Waals surface area contributed by atoms with Gasteiger partial charge in [0.15, 0.2) is 11.5 Å². The number of carbonyl (C=O) groups is 1. The number of carbonyl (C=O) groups excluding carboxylic acids is 1. The molecule has 0 spiro atoms. The number of sulfonamides is 1. The van der Waals surface area contributed by atoms with Crippen LogP contribution in [-0.4, -0.2) is 60.6 Å². The lowest BCUT2D eigenvalue weighted by Crippen LogP contribution is -2.50. The monoisotopic (exact) mass is 339 g/mol. The normalized spacial score (nSPS) is 16.7. The van der Waals surface area contributed by atoms with Gasteiger partial charge < -0.3 is 13.8 Å². The summed E-state index contributed by atoms with van der Waals surface area (Å²) < 4.78 is 35.4. The van der Waals surface area contributed by atoms with Gasteiger partial charge in [0, 0.05) is 32.2 Å². The van der Waals surface area contributed by atoms with Crippen molar-refractivity contribution in [1.29, 1.82) is 0 Å². The minimum absolute atomic E-state index is 0.0662. The van der Waals surface area contributed by atoms with E-state index in [0.717, 1.165) is 0 Å². The molecule has 2 aromatic heterocycles. The molecule has 124 valence electrons. The van der Waals surface area contributed by atoms with Gasteiger partial charge in [0.25, 0.3) is 5.91 Å². The zero-order chi connectivity index (χ0) is 16.4. The highest BCUT2D eigenvalue weighted by Crippen LogP contribution is 2.21. The molecule has 0 saturated carbocycles. The van der Waals surface area contributed by atoms with Crippen LogP contribution < -0.4 is 0 Å². The summed E-state index contributed by atoms with van der Waals surface area (Å²) in [6.07, 6.45) is 1.51. The molecule has 9 heteroatoms. The highest BCUT2D eigenvalue weighted by molar-refractivity contribution is 7.89. The first-order valence-corrected chi connectivity index (χ1v) is 8.90. The molecule has 1 saturated heterocycles. The largest absolute Gasteiger partial charge is 0.461 e. The first kappa shape index (κ1) is 15.8. The van der Waals surface area contributed by atoms with E-state index in [4.69, 9.17) is 8.94 Å². The molecule has 0 N–H and O–H groups in total. The van der Waals surface area contributed by atoms with Crippen LogP contribution in [0.2, 0.25) is 0 Å². The van der Waals surface area contributed by atoms with Gasteiger partial charge in [0.05, 0.1) is 12.0 Å². The quantitative estimate of drug-likeness (QED) is 0.826. The fourth-order valence-corrected chi connectivity index (χ4v) is 3.51. The van der Waals surface area contributed by atoms with Gasteiger partial charge in [0.1, 0.15) is 0 Å². The standard InChI is InChI=1S/C14H17N3O5S/c1-2-23(19,20)17-7-5-16(6-8-17)14(18)11-10-13(22-15-11)12-4-3-9-21-12/h3-4,9-10H,2,5-8H2,1H3. The van der Waals surface area contributed by atoms with Crippen LogP contribution >= 0.6 is 0 Å². The Morgan fingerprint density at radius 2 is 2.00 bits per heavy atom. The SMILES string of the molecule is CCS(=O)(=O)N1CCN(C(=O)c2cc(-c3ccco3)on2)CC1. The van der Waals surface area contributed by atoms with Crippen molar-refractivity contribution in [2.45, 2.75) is 6.92 Å². The summed E-state index contributed by atoms with van der Waals surface area (Å²) in [6, 6.07) is 4.95. The Morgan fingerprint density at radius 1 is 1.26 bits per heavy atom. The maximum Gasteiger partial charge on any atom is 0.276 e. The second-order valence-electron chi connectivity index (χ2n) is 5.15. The molecule has 0 aromatic carbocycles. The number of amides is 1. The molecular formula is C14H17N3O5S. The van der Waals surface area contributed by atoms with Gasteiger partial charge in [-0.25, -0.2) is 8.42 Å². The molecule has 1 aliphatic heterocycles. The first-order valence-electron chi connectivity index (χ1n) is 7.29. The Balaban J connectivity index is 1.66. The molecule has 0 aliphatic carbocycles. The Labute approximate surface area is 133 Å². The maximum absolute atomic E-state index is 12.4. The molecule has 3 rings (SSSR count). The van der Waals surface area contributed by atoms with Gasteiger partial charge in [-0.15, -0.1) is 0 Å². The summed E-state index contributed by atoms with van der Waals surface area (Å²) in [6.45, 7) is 2.87. The summed E-state index contributed by atoms with van der Waals surface area (Å²) in [5, 5.41) is 3.77. The number of furan rings is 1. The lowest BCUT2D eigenvalue weighted by atomic mass is 10.2. The number of rotatable bonds is 4. The van der Waals surface area contributed by atoms with Crippen molar-refractivity contribution in [3.63, 3.8) is 0 Å². The maximum atomic E-state index is 12.4. The van der Waals surface area contributed by atoms with E-state index in [9.17, 15) is 13.2 Å². The molecule has 0 radical (unpaired) electrons. The molecule has 2 aromatic rings. The van der Waals surface area contributed by atoms with Gasteiger partial charge in [-0.2, -0.15) is 4.31 Å². The van der Waals surface area contributed by atoms with E-state index in [-0.39, 0.29) is 17.4 Å². The number of aromatic nitrogens is 1. The predicted octanol–water partition coefficient (Wildman–Crippen LogP) is 1.04. The van der Waals surface area contributed by atoms with E-state index in [0.29, 0.717) is 37.7 Å². The fraction of sp³-hybridized carbons (Fsp3) is 0.429. The zero-order valence-corrected chi connectivity index (χ0v) is 13.5. The highest BCUT2D eigenvalue weighted by atomic mass is 32.2. The molecule has 1 fully saturated rings. The summed E-state index contributed by atoms with van der Waals surface area (Å²) in [4.78, 5) is 14.0. The van der Waals surface area contributed by atoms with E-state index < -0.39 is 10.0 Å². The minimum atomic E-state index is -3.21.